The Kier molecular flexibility index (Phi) is 6.78. The first-order valence-electron chi connectivity index (χ1n) is 5.70. The number of carbonyl (C=O) groups is 1. The highest BCUT2D eigenvalue weighted by atomic mass is 32.2. The topological polar surface area (TPSA) is 58.6 Å². The predicted octanol–water partition coefficient (Wildman–Crippen LogP) is 1.29. The Labute approximate surface area is 112 Å². The largest absolute Gasteiger partial charge is 0.389 e. The summed E-state index contributed by atoms with van der Waals surface area (Å²) < 4.78 is 4.79. The van der Waals surface area contributed by atoms with Crippen LogP contribution in [-0.2, 0) is 10.5 Å². The predicted molar refractivity (Wildman–Crippen MR) is 73.9 cm³/mol. The first-order chi connectivity index (χ1) is 8.67. The molecule has 0 spiro atoms. The van der Waals surface area contributed by atoms with E-state index in [1.54, 1.807) is 17.8 Å². The molecular weight excluding hydrogens is 250 g/mol. The van der Waals surface area contributed by atoms with E-state index >= 15 is 0 Å². The molecule has 1 unspecified atom stereocenters. The molecule has 0 saturated carbocycles. The second-order valence-electron chi connectivity index (χ2n) is 3.95. The second-order valence-corrected chi connectivity index (χ2v) is 4.82. The number of carbonyl (C=O) groups excluding carboxylic acids is 1. The van der Waals surface area contributed by atoms with E-state index in [2.05, 4.69) is 5.32 Å². The number of methoxy groups -OCH3 is 1. The SMILES string of the molecule is COCC(O)CNC(=O)c1cccc(CSC)c1. The summed E-state index contributed by atoms with van der Waals surface area (Å²) in [6.07, 6.45) is 1.35. The fraction of sp³-hybridized carbons (Fsp3) is 0.462. The lowest BCUT2D eigenvalue weighted by Crippen LogP contribution is -2.34. The standard InChI is InChI=1S/C13H19NO3S/c1-17-8-12(15)7-14-13(16)11-5-3-4-10(6-11)9-18-2/h3-6,12,15H,7-9H2,1-2H3,(H,14,16). The van der Waals surface area contributed by atoms with Crippen molar-refractivity contribution in [3.63, 3.8) is 0 Å². The van der Waals surface area contributed by atoms with Crippen molar-refractivity contribution in [2.45, 2.75) is 11.9 Å². The number of benzene rings is 1. The van der Waals surface area contributed by atoms with Gasteiger partial charge in [0, 0.05) is 25.0 Å². The average Bonchev–Trinajstić information content (AvgIpc) is 2.37. The zero-order valence-electron chi connectivity index (χ0n) is 10.7. The van der Waals surface area contributed by atoms with Gasteiger partial charge in [0.15, 0.2) is 0 Å². The number of hydrogen-bond acceptors (Lipinski definition) is 4. The van der Waals surface area contributed by atoms with Crippen LogP contribution in [0.15, 0.2) is 24.3 Å². The van der Waals surface area contributed by atoms with Crippen molar-refractivity contribution in [2.24, 2.45) is 0 Å². The van der Waals surface area contributed by atoms with Gasteiger partial charge in [-0.25, -0.2) is 0 Å². The van der Waals surface area contributed by atoms with Crippen LogP contribution in [0.25, 0.3) is 0 Å². The number of nitrogens with one attached hydrogen (secondary N) is 1. The van der Waals surface area contributed by atoms with E-state index < -0.39 is 6.10 Å². The number of thioether (sulfide) groups is 1. The molecule has 1 aromatic rings. The first kappa shape index (κ1) is 15.0. The zero-order valence-corrected chi connectivity index (χ0v) is 11.5. The summed E-state index contributed by atoms with van der Waals surface area (Å²) in [5.41, 5.74) is 1.73. The minimum absolute atomic E-state index is 0.173. The molecule has 0 fully saturated rings. The van der Waals surface area contributed by atoms with Crippen LogP contribution in [-0.4, -0.2) is 43.6 Å². The molecule has 0 heterocycles. The Hall–Kier alpha value is -1.04. The number of ether oxygens (including phenoxy) is 1. The molecule has 0 aliphatic rings. The van der Waals surface area contributed by atoms with Crippen molar-refractivity contribution >= 4 is 17.7 Å². The summed E-state index contributed by atoms with van der Waals surface area (Å²) in [7, 11) is 1.51. The number of aliphatic hydroxyl groups is 1. The Balaban J connectivity index is 2.53. The van der Waals surface area contributed by atoms with Gasteiger partial charge >= 0.3 is 0 Å². The number of aliphatic hydroxyl groups excluding tert-OH is 1. The van der Waals surface area contributed by atoms with E-state index in [1.165, 1.54) is 7.11 Å². The van der Waals surface area contributed by atoms with Gasteiger partial charge in [-0.2, -0.15) is 11.8 Å². The van der Waals surface area contributed by atoms with Crippen molar-refractivity contribution in [3.8, 4) is 0 Å². The number of hydrogen-bond donors (Lipinski definition) is 2. The summed E-state index contributed by atoms with van der Waals surface area (Å²) in [4.78, 5) is 11.8. The summed E-state index contributed by atoms with van der Waals surface area (Å²) in [6, 6.07) is 7.50. The van der Waals surface area contributed by atoms with Gasteiger partial charge in [-0.3, -0.25) is 4.79 Å². The van der Waals surface area contributed by atoms with Gasteiger partial charge in [-0.1, -0.05) is 12.1 Å². The van der Waals surface area contributed by atoms with Crippen molar-refractivity contribution in [3.05, 3.63) is 35.4 Å². The molecule has 0 aliphatic carbocycles. The molecule has 18 heavy (non-hydrogen) atoms. The van der Waals surface area contributed by atoms with E-state index in [9.17, 15) is 9.90 Å². The fourth-order valence-electron chi connectivity index (χ4n) is 1.53. The van der Waals surface area contributed by atoms with Gasteiger partial charge < -0.3 is 15.2 Å². The molecule has 0 saturated heterocycles. The van der Waals surface area contributed by atoms with E-state index in [4.69, 9.17) is 4.74 Å². The number of amides is 1. The molecule has 0 bridgehead atoms. The molecule has 1 amide bonds. The molecule has 0 aromatic heterocycles. The van der Waals surface area contributed by atoms with Crippen molar-refractivity contribution in [2.75, 3.05) is 26.5 Å². The van der Waals surface area contributed by atoms with Gasteiger partial charge in [0.25, 0.3) is 5.91 Å². The molecule has 5 heteroatoms. The highest BCUT2D eigenvalue weighted by molar-refractivity contribution is 7.97. The Morgan fingerprint density at radius 2 is 2.33 bits per heavy atom. The molecule has 1 aromatic carbocycles. The molecule has 2 N–H and O–H groups in total. The second kappa shape index (κ2) is 8.13. The maximum atomic E-state index is 11.8. The lowest BCUT2D eigenvalue weighted by molar-refractivity contribution is 0.0610. The quantitative estimate of drug-likeness (QED) is 0.783. The lowest BCUT2D eigenvalue weighted by Gasteiger charge is -2.11. The van der Waals surface area contributed by atoms with Crippen LogP contribution in [0.5, 0.6) is 0 Å². The van der Waals surface area contributed by atoms with Gasteiger partial charge in [0.2, 0.25) is 0 Å². The highest BCUT2D eigenvalue weighted by Crippen LogP contribution is 2.11. The lowest BCUT2D eigenvalue weighted by atomic mass is 10.1. The normalized spacial score (nSPS) is 12.2. The molecule has 1 atom stereocenters. The van der Waals surface area contributed by atoms with Crippen LogP contribution < -0.4 is 5.32 Å². The first-order valence-corrected chi connectivity index (χ1v) is 7.09. The molecule has 0 radical (unpaired) electrons. The van der Waals surface area contributed by atoms with Crippen molar-refractivity contribution in [1.82, 2.24) is 5.32 Å². The van der Waals surface area contributed by atoms with E-state index in [0.717, 1.165) is 11.3 Å². The molecule has 1 rings (SSSR count). The van der Waals surface area contributed by atoms with Gasteiger partial charge in [-0.05, 0) is 24.0 Å². The van der Waals surface area contributed by atoms with Crippen LogP contribution in [0.4, 0.5) is 0 Å². The van der Waals surface area contributed by atoms with E-state index in [1.807, 2.05) is 24.5 Å². The highest BCUT2D eigenvalue weighted by Gasteiger charge is 2.09. The molecule has 100 valence electrons. The molecule has 4 nitrogen and oxygen atoms in total. The van der Waals surface area contributed by atoms with Crippen LogP contribution >= 0.6 is 11.8 Å². The molecular formula is C13H19NO3S. The summed E-state index contributed by atoms with van der Waals surface area (Å²) >= 11 is 1.71. The van der Waals surface area contributed by atoms with Gasteiger partial charge in [-0.15, -0.1) is 0 Å². The van der Waals surface area contributed by atoms with Gasteiger partial charge in [0.1, 0.15) is 0 Å². The van der Waals surface area contributed by atoms with Crippen LogP contribution in [0.3, 0.4) is 0 Å². The third kappa shape index (κ3) is 5.08. The average molecular weight is 269 g/mol. The Bertz CT molecular complexity index is 384. The van der Waals surface area contributed by atoms with Crippen molar-refractivity contribution in [1.29, 1.82) is 0 Å². The monoisotopic (exact) mass is 269 g/mol. The zero-order chi connectivity index (χ0) is 13.4. The Morgan fingerprint density at radius 3 is 3.00 bits per heavy atom. The summed E-state index contributed by atoms with van der Waals surface area (Å²) in [5.74, 6) is 0.709. The molecule has 0 aliphatic heterocycles. The minimum Gasteiger partial charge on any atom is -0.389 e. The maximum absolute atomic E-state index is 11.8. The number of rotatable bonds is 7. The third-order valence-corrected chi connectivity index (χ3v) is 2.98. The fourth-order valence-corrected chi connectivity index (χ4v) is 2.05. The third-order valence-electron chi connectivity index (χ3n) is 2.36. The van der Waals surface area contributed by atoms with E-state index in [-0.39, 0.29) is 19.1 Å². The van der Waals surface area contributed by atoms with Crippen molar-refractivity contribution < 1.29 is 14.6 Å². The minimum atomic E-state index is -0.673. The Morgan fingerprint density at radius 1 is 1.56 bits per heavy atom. The summed E-state index contributed by atoms with van der Waals surface area (Å²) in [5, 5.41) is 12.1. The van der Waals surface area contributed by atoms with E-state index in [0.29, 0.717) is 5.56 Å². The van der Waals surface area contributed by atoms with Crippen LogP contribution in [0.1, 0.15) is 15.9 Å². The smallest absolute Gasteiger partial charge is 0.251 e. The summed E-state index contributed by atoms with van der Waals surface area (Å²) in [6.45, 7) is 0.409. The van der Waals surface area contributed by atoms with Crippen LogP contribution in [0, 0.1) is 0 Å². The maximum Gasteiger partial charge on any atom is 0.251 e. The van der Waals surface area contributed by atoms with Crippen LogP contribution in [0.2, 0.25) is 0 Å². The van der Waals surface area contributed by atoms with Gasteiger partial charge in [0.05, 0.1) is 12.7 Å².